The molecular weight excluding hydrogens is 348 g/mol. The van der Waals surface area contributed by atoms with Crippen LogP contribution >= 0.6 is 11.3 Å². The second-order valence-electron chi connectivity index (χ2n) is 7.35. The molecule has 0 aliphatic carbocycles. The number of hydrogen-bond acceptors (Lipinski definition) is 7. The Hall–Kier alpha value is -2.06. The highest BCUT2D eigenvalue weighted by atomic mass is 32.1. The average Bonchev–Trinajstić information content (AvgIpc) is 3.01. The number of amides is 1. The van der Waals surface area contributed by atoms with E-state index in [1.54, 1.807) is 11.3 Å². The lowest BCUT2D eigenvalue weighted by Crippen LogP contribution is -2.47. The van der Waals surface area contributed by atoms with Gasteiger partial charge in [0.05, 0.1) is 23.7 Å². The summed E-state index contributed by atoms with van der Waals surface area (Å²) in [6.45, 7) is 3.15. The molecule has 2 bridgehead atoms. The van der Waals surface area contributed by atoms with Crippen LogP contribution in [0.2, 0.25) is 0 Å². The fourth-order valence-electron chi connectivity index (χ4n) is 3.88. The molecular formula is C18H24N6OS. The predicted molar refractivity (Wildman–Crippen MR) is 101 cm³/mol. The smallest absolute Gasteiger partial charge is 0.227 e. The molecule has 2 atom stereocenters. The Morgan fingerprint density at radius 2 is 1.96 bits per heavy atom. The fourth-order valence-corrected chi connectivity index (χ4v) is 4.43. The van der Waals surface area contributed by atoms with E-state index in [2.05, 4.69) is 24.8 Å². The minimum absolute atomic E-state index is 0.0920. The number of carbonyl (C=O) groups is 1. The maximum Gasteiger partial charge on any atom is 0.227 e. The highest BCUT2D eigenvalue weighted by Gasteiger charge is 2.40. The maximum atomic E-state index is 12.9. The molecule has 5 rings (SSSR count). The van der Waals surface area contributed by atoms with E-state index in [1.165, 1.54) is 0 Å². The minimum Gasteiger partial charge on any atom is -0.347 e. The van der Waals surface area contributed by atoms with E-state index in [4.69, 9.17) is 0 Å². The van der Waals surface area contributed by atoms with Crippen molar-refractivity contribution in [2.24, 2.45) is 5.92 Å². The highest BCUT2D eigenvalue weighted by molar-refractivity contribution is 7.07. The molecule has 26 heavy (non-hydrogen) atoms. The summed E-state index contributed by atoms with van der Waals surface area (Å²) in [5.74, 6) is 1.10. The summed E-state index contributed by atoms with van der Waals surface area (Å²) in [5, 5.41) is 2.03. The zero-order chi connectivity index (χ0) is 18.1. The highest BCUT2D eigenvalue weighted by Crippen LogP contribution is 2.31. The first-order valence-electron chi connectivity index (χ1n) is 8.98. The van der Waals surface area contributed by atoms with Crippen LogP contribution in [0.3, 0.4) is 0 Å². The van der Waals surface area contributed by atoms with Gasteiger partial charge in [-0.1, -0.05) is 0 Å². The van der Waals surface area contributed by atoms with Gasteiger partial charge in [-0.05, 0) is 12.8 Å². The van der Waals surface area contributed by atoms with E-state index in [0.29, 0.717) is 12.5 Å². The zero-order valence-electron chi connectivity index (χ0n) is 15.2. The third-order valence-corrected chi connectivity index (χ3v) is 5.82. The van der Waals surface area contributed by atoms with Crippen molar-refractivity contribution in [3.05, 3.63) is 34.5 Å². The molecule has 138 valence electrons. The SMILES string of the molecule is CN(C)c1ncc(CN2CC3CCC(C2)N(Cc2cscn2)C3=O)cn1. The van der Waals surface area contributed by atoms with Crippen LogP contribution in [0.25, 0.3) is 0 Å². The average molecular weight is 372 g/mol. The lowest BCUT2D eigenvalue weighted by atomic mass is 9.94. The van der Waals surface area contributed by atoms with Gasteiger partial charge in [-0.3, -0.25) is 9.69 Å². The summed E-state index contributed by atoms with van der Waals surface area (Å²) in [6.07, 6.45) is 5.85. The van der Waals surface area contributed by atoms with Gasteiger partial charge in [0, 0.05) is 63.1 Å². The molecule has 0 saturated carbocycles. The first-order chi connectivity index (χ1) is 12.6. The Balaban J connectivity index is 1.46. The monoisotopic (exact) mass is 372 g/mol. The lowest BCUT2D eigenvalue weighted by molar-refractivity contribution is -0.140. The Bertz CT molecular complexity index is 748. The Kier molecular flexibility index (Phi) is 4.86. The number of carbonyl (C=O) groups excluding carboxylic acids is 1. The van der Waals surface area contributed by atoms with Crippen LogP contribution in [0.1, 0.15) is 24.1 Å². The molecule has 1 amide bonds. The molecule has 3 aliphatic rings. The van der Waals surface area contributed by atoms with E-state index < -0.39 is 0 Å². The molecule has 3 aliphatic heterocycles. The van der Waals surface area contributed by atoms with E-state index >= 15 is 0 Å². The van der Waals surface area contributed by atoms with Crippen molar-refractivity contribution in [1.29, 1.82) is 0 Å². The van der Waals surface area contributed by atoms with Gasteiger partial charge in [0.2, 0.25) is 11.9 Å². The van der Waals surface area contributed by atoms with E-state index in [1.807, 2.05) is 42.3 Å². The van der Waals surface area contributed by atoms with Gasteiger partial charge in [0.25, 0.3) is 0 Å². The molecule has 2 unspecified atom stereocenters. The van der Waals surface area contributed by atoms with Gasteiger partial charge in [-0.2, -0.15) is 0 Å². The second kappa shape index (κ2) is 7.28. The molecule has 2 aromatic rings. The molecule has 0 spiro atoms. The van der Waals surface area contributed by atoms with Gasteiger partial charge in [0.1, 0.15) is 0 Å². The summed E-state index contributed by atoms with van der Waals surface area (Å²) in [6, 6.07) is 0.268. The fraction of sp³-hybridized carbons (Fsp3) is 0.556. The van der Waals surface area contributed by atoms with Crippen molar-refractivity contribution in [3.8, 4) is 0 Å². The van der Waals surface area contributed by atoms with Crippen LogP contribution in [-0.4, -0.2) is 63.9 Å². The van der Waals surface area contributed by atoms with Gasteiger partial charge in [-0.25, -0.2) is 15.0 Å². The number of hydrogen-bond donors (Lipinski definition) is 0. The number of piperidine rings is 1. The normalized spacial score (nSPS) is 23.3. The lowest BCUT2D eigenvalue weighted by Gasteiger charge is -2.35. The number of anilines is 1. The number of thiazole rings is 1. The van der Waals surface area contributed by atoms with Crippen molar-refractivity contribution in [1.82, 2.24) is 24.8 Å². The Morgan fingerprint density at radius 1 is 1.15 bits per heavy atom. The van der Waals surface area contributed by atoms with Crippen LogP contribution in [0.4, 0.5) is 5.95 Å². The topological polar surface area (TPSA) is 65.5 Å². The Labute approximate surface area is 157 Å². The van der Waals surface area contributed by atoms with E-state index in [9.17, 15) is 4.79 Å². The number of aromatic nitrogens is 3. The van der Waals surface area contributed by atoms with Gasteiger partial charge in [-0.15, -0.1) is 11.3 Å². The maximum absolute atomic E-state index is 12.9. The largest absolute Gasteiger partial charge is 0.347 e. The summed E-state index contributed by atoms with van der Waals surface area (Å²) in [4.78, 5) is 32.4. The van der Waals surface area contributed by atoms with Gasteiger partial charge in [0.15, 0.2) is 0 Å². The Morgan fingerprint density at radius 3 is 2.65 bits per heavy atom. The minimum atomic E-state index is 0.0920. The van der Waals surface area contributed by atoms with Crippen LogP contribution in [-0.2, 0) is 17.9 Å². The van der Waals surface area contributed by atoms with Crippen molar-refractivity contribution >= 4 is 23.2 Å². The first kappa shape index (κ1) is 17.4. The molecule has 5 heterocycles. The molecule has 0 aromatic carbocycles. The van der Waals surface area contributed by atoms with Crippen molar-refractivity contribution in [2.45, 2.75) is 32.0 Å². The predicted octanol–water partition coefficient (Wildman–Crippen LogP) is 1.62. The third-order valence-electron chi connectivity index (χ3n) is 5.18. The standard InChI is InChI=1S/C18H24N6OS/c1-22(2)18-19-5-13(6-20-18)7-23-8-14-3-4-16(10-23)24(17(14)25)9-15-11-26-12-21-15/h5-6,11-12,14,16H,3-4,7-10H2,1-2H3. The van der Waals surface area contributed by atoms with E-state index in [-0.39, 0.29) is 17.9 Å². The van der Waals surface area contributed by atoms with Crippen LogP contribution in [0, 0.1) is 5.92 Å². The van der Waals surface area contributed by atoms with Crippen molar-refractivity contribution < 1.29 is 4.79 Å². The summed E-state index contributed by atoms with van der Waals surface area (Å²) in [7, 11) is 3.87. The molecule has 3 saturated heterocycles. The molecule has 7 nitrogen and oxygen atoms in total. The van der Waals surface area contributed by atoms with E-state index in [0.717, 1.165) is 43.7 Å². The number of rotatable bonds is 5. The third kappa shape index (κ3) is 3.57. The summed E-state index contributed by atoms with van der Waals surface area (Å²) < 4.78 is 0. The van der Waals surface area contributed by atoms with Crippen LogP contribution in [0.5, 0.6) is 0 Å². The van der Waals surface area contributed by atoms with Crippen LogP contribution < -0.4 is 4.90 Å². The van der Waals surface area contributed by atoms with Crippen LogP contribution in [0.15, 0.2) is 23.3 Å². The first-order valence-corrected chi connectivity index (χ1v) is 9.92. The van der Waals surface area contributed by atoms with Gasteiger partial charge >= 0.3 is 0 Å². The zero-order valence-corrected chi connectivity index (χ0v) is 16.0. The second-order valence-corrected chi connectivity index (χ2v) is 8.07. The molecule has 3 fully saturated rings. The van der Waals surface area contributed by atoms with Crippen molar-refractivity contribution in [3.63, 3.8) is 0 Å². The number of nitrogens with zero attached hydrogens (tertiary/aromatic N) is 6. The molecule has 2 aromatic heterocycles. The quantitative estimate of drug-likeness (QED) is 0.795. The molecule has 0 radical (unpaired) electrons. The number of fused-ring (bicyclic) bond motifs is 4. The summed E-state index contributed by atoms with van der Waals surface area (Å²) >= 11 is 1.58. The molecule has 8 heteroatoms. The summed E-state index contributed by atoms with van der Waals surface area (Å²) in [5.41, 5.74) is 3.92. The van der Waals surface area contributed by atoms with Gasteiger partial charge < -0.3 is 9.80 Å². The van der Waals surface area contributed by atoms with Crippen molar-refractivity contribution in [2.75, 3.05) is 32.1 Å². The molecule has 0 N–H and O–H groups in total.